The van der Waals surface area contributed by atoms with E-state index < -0.39 is 27.7 Å². The number of hydrogen-bond donors (Lipinski definition) is 2. The molecule has 0 aromatic carbocycles. The summed E-state index contributed by atoms with van der Waals surface area (Å²) in [6.07, 6.45) is 1.05. The maximum atomic E-state index is 12.0. The van der Waals surface area contributed by atoms with Gasteiger partial charge in [0, 0.05) is 19.2 Å². The number of carbonyl (C=O) groups excluding carboxylic acids is 2. The lowest BCUT2D eigenvalue weighted by Crippen LogP contribution is -2.44. The molecule has 1 rings (SSSR count). The van der Waals surface area contributed by atoms with Crippen LogP contribution in [0.1, 0.15) is 19.1 Å². The van der Waals surface area contributed by atoms with Crippen molar-refractivity contribution in [3.8, 4) is 0 Å². The Hall–Kier alpha value is -1.90. The summed E-state index contributed by atoms with van der Waals surface area (Å²) < 4.78 is 27.1. The monoisotopic (exact) mass is 303 g/mol. The Morgan fingerprint density at radius 1 is 1.45 bits per heavy atom. The van der Waals surface area contributed by atoms with Gasteiger partial charge in [0.15, 0.2) is 5.82 Å². The zero-order valence-electron chi connectivity index (χ0n) is 11.5. The first-order chi connectivity index (χ1) is 9.17. The van der Waals surface area contributed by atoms with Crippen LogP contribution >= 0.6 is 0 Å². The van der Waals surface area contributed by atoms with Crippen LogP contribution in [0.2, 0.25) is 0 Å². The van der Waals surface area contributed by atoms with Crippen LogP contribution in [0.5, 0.6) is 0 Å². The van der Waals surface area contributed by atoms with E-state index in [0.717, 1.165) is 6.26 Å². The lowest BCUT2D eigenvalue weighted by atomic mass is 10.2. The van der Waals surface area contributed by atoms with E-state index in [1.54, 1.807) is 6.92 Å². The maximum Gasteiger partial charge on any atom is 0.248 e. The first-order valence-corrected chi connectivity index (χ1v) is 7.92. The van der Waals surface area contributed by atoms with E-state index in [-0.39, 0.29) is 18.0 Å². The fourth-order valence-electron chi connectivity index (χ4n) is 1.48. The van der Waals surface area contributed by atoms with E-state index in [0.29, 0.717) is 5.76 Å². The molecule has 9 heteroatoms. The molecule has 0 aliphatic heterocycles. The van der Waals surface area contributed by atoms with Crippen LogP contribution in [0.15, 0.2) is 10.6 Å². The Balaban J connectivity index is 2.71. The van der Waals surface area contributed by atoms with Crippen molar-refractivity contribution < 1.29 is 22.5 Å². The molecule has 2 amide bonds. The Kier molecular flexibility index (Phi) is 5.26. The zero-order chi connectivity index (χ0) is 15.3. The van der Waals surface area contributed by atoms with Crippen LogP contribution < -0.4 is 10.6 Å². The summed E-state index contributed by atoms with van der Waals surface area (Å²) in [5.74, 6) is -0.440. The van der Waals surface area contributed by atoms with Crippen LogP contribution in [0.25, 0.3) is 0 Å². The second-order valence-electron chi connectivity index (χ2n) is 4.48. The highest BCUT2D eigenvalue weighted by Gasteiger charge is 2.22. The number of carbonyl (C=O) groups is 2. The van der Waals surface area contributed by atoms with Crippen molar-refractivity contribution in [2.24, 2.45) is 0 Å². The second-order valence-corrected chi connectivity index (χ2v) is 6.74. The normalized spacial score (nSPS) is 12.8. The zero-order valence-corrected chi connectivity index (χ0v) is 12.3. The van der Waals surface area contributed by atoms with Gasteiger partial charge in [0.05, 0.1) is 5.75 Å². The van der Waals surface area contributed by atoms with Gasteiger partial charge in [-0.2, -0.15) is 0 Å². The van der Waals surface area contributed by atoms with E-state index in [4.69, 9.17) is 4.52 Å². The molecule has 0 aliphatic rings. The quantitative estimate of drug-likeness (QED) is 0.755. The minimum absolute atomic E-state index is 0.0128. The van der Waals surface area contributed by atoms with Crippen molar-refractivity contribution in [1.82, 2.24) is 10.5 Å². The molecule has 0 aliphatic carbocycles. The Labute approximate surface area is 116 Å². The van der Waals surface area contributed by atoms with Gasteiger partial charge in [0.2, 0.25) is 11.8 Å². The van der Waals surface area contributed by atoms with Crippen molar-refractivity contribution in [1.29, 1.82) is 0 Å². The fraction of sp³-hybridized carbons (Fsp3) is 0.545. The number of nitrogens with one attached hydrogen (secondary N) is 2. The molecular formula is C11H17N3O5S. The predicted octanol–water partition coefficient (Wildman–Crippen LogP) is -0.139. The number of amides is 2. The molecule has 112 valence electrons. The molecule has 0 bridgehead atoms. The average molecular weight is 303 g/mol. The molecule has 0 saturated heterocycles. The topological polar surface area (TPSA) is 118 Å². The molecular weight excluding hydrogens is 286 g/mol. The molecule has 1 aromatic rings. The summed E-state index contributed by atoms with van der Waals surface area (Å²) in [6.45, 7) is 2.92. The number of rotatable bonds is 6. The van der Waals surface area contributed by atoms with Crippen molar-refractivity contribution in [2.45, 2.75) is 26.3 Å². The molecule has 0 spiro atoms. The van der Waals surface area contributed by atoms with Crippen LogP contribution in [-0.4, -0.2) is 43.4 Å². The summed E-state index contributed by atoms with van der Waals surface area (Å²) in [5, 5.41) is 8.44. The van der Waals surface area contributed by atoms with Crippen LogP contribution in [0, 0.1) is 6.92 Å². The molecule has 0 fully saturated rings. The van der Waals surface area contributed by atoms with Gasteiger partial charge in [-0.3, -0.25) is 9.59 Å². The Morgan fingerprint density at radius 3 is 2.55 bits per heavy atom. The van der Waals surface area contributed by atoms with Crippen molar-refractivity contribution in [2.75, 3.05) is 17.3 Å². The molecule has 2 N–H and O–H groups in total. The highest BCUT2D eigenvalue weighted by atomic mass is 32.2. The molecule has 0 unspecified atom stereocenters. The number of aromatic nitrogens is 1. The summed E-state index contributed by atoms with van der Waals surface area (Å²) in [7, 11) is -3.22. The first-order valence-electron chi connectivity index (χ1n) is 5.86. The van der Waals surface area contributed by atoms with Gasteiger partial charge in [-0.15, -0.1) is 0 Å². The summed E-state index contributed by atoms with van der Waals surface area (Å²) in [6, 6.07) is 0.568. The lowest BCUT2D eigenvalue weighted by Gasteiger charge is -2.16. The highest BCUT2D eigenvalue weighted by molar-refractivity contribution is 7.90. The van der Waals surface area contributed by atoms with Gasteiger partial charge >= 0.3 is 0 Å². The summed E-state index contributed by atoms with van der Waals surface area (Å²) >= 11 is 0. The SMILES string of the molecule is CC(=O)N[C@@H](CCS(C)(=O)=O)C(=O)Nc1cc(C)on1. The van der Waals surface area contributed by atoms with E-state index in [1.165, 1.54) is 13.0 Å². The Morgan fingerprint density at radius 2 is 2.10 bits per heavy atom. The van der Waals surface area contributed by atoms with Gasteiger partial charge in [0.1, 0.15) is 21.6 Å². The standard InChI is InChI=1S/C11H17N3O5S/c1-7-6-10(14-19-7)13-11(16)9(12-8(2)15)4-5-20(3,17)18/h6,9H,4-5H2,1-3H3,(H,12,15)(H,13,14,16)/t9-/m0/s1. The van der Waals surface area contributed by atoms with Crippen LogP contribution in [-0.2, 0) is 19.4 Å². The van der Waals surface area contributed by atoms with Crippen molar-refractivity contribution in [3.05, 3.63) is 11.8 Å². The van der Waals surface area contributed by atoms with Crippen LogP contribution in [0.3, 0.4) is 0 Å². The minimum Gasteiger partial charge on any atom is -0.360 e. The number of hydrogen-bond acceptors (Lipinski definition) is 6. The molecule has 0 saturated carbocycles. The predicted molar refractivity (Wildman–Crippen MR) is 71.8 cm³/mol. The number of anilines is 1. The van der Waals surface area contributed by atoms with Gasteiger partial charge in [0.25, 0.3) is 0 Å². The lowest BCUT2D eigenvalue weighted by molar-refractivity contribution is -0.125. The molecule has 8 nitrogen and oxygen atoms in total. The summed E-state index contributed by atoms with van der Waals surface area (Å²) in [4.78, 5) is 23.0. The second kappa shape index (κ2) is 6.51. The van der Waals surface area contributed by atoms with Crippen molar-refractivity contribution >= 4 is 27.5 Å². The fourth-order valence-corrected chi connectivity index (χ4v) is 2.15. The maximum absolute atomic E-state index is 12.0. The van der Waals surface area contributed by atoms with E-state index >= 15 is 0 Å². The number of sulfone groups is 1. The van der Waals surface area contributed by atoms with Crippen LogP contribution in [0.4, 0.5) is 5.82 Å². The third-order valence-corrected chi connectivity index (χ3v) is 3.33. The van der Waals surface area contributed by atoms with E-state index in [1.807, 2.05) is 0 Å². The molecule has 1 aromatic heterocycles. The molecule has 1 atom stereocenters. The number of nitrogens with zero attached hydrogens (tertiary/aromatic N) is 1. The number of aryl methyl sites for hydroxylation is 1. The third kappa shape index (κ3) is 5.83. The van der Waals surface area contributed by atoms with Crippen molar-refractivity contribution in [3.63, 3.8) is 0 Å². The molecule has 1 heterocycles. The largest absolute Gasteiger partial charge is 0.360 e. The minimum atomic E-state index is -3.22. The van der Waals surface area contributed by atoms with E-state index in [2.05, 4.69) is 15.8 Å². The van der Waals surface area contributed by atoms with Gasteiger partial charge in [-0.25, -0.2) is 8.42 Å². The highest BCUT2D eigenvalue weighted by Crippen LogP contribution is 2.08. The molecule has 20 heavy (non-hydrogen) atoms. The smallest absolute Gasteiger partial charge is 0.248 e. The Bertz CT molecular complexity index is 593. The van der Waals surface area contributed by atoms with E-state index in [9.17, 15) is 18.0 Å². The van der Waals surface area contributed by atoms with Gasteiger partial charge in [-0.05, 0) is 13.3 Å². The van der Waals surface area contributed by atoms with Gasteiger partial charge in [-0.1, -0.05) is 5.16 Å². The van der Waals surface area contributed by atoms with Gasteiger partial charge < -0.3 is 15.2 Å². The first kappa shape index (κ1) is 16.2. The third-order valence-electron chi connectivity index (χ3n) is 2.35. The molecule has 0 radical (unpaired) electrons. The average Bonchev–Trinajstić information content (AvgIpc) is 2.68. The summed E-state index contributed by atoms with van der Waals surface area (Å²) in [5.41, 5.74) is 0.